The van der Waals surface area contributed by atoms with Gasteiger partial charge < -0.3 is 5.32 Å². The Kier molecular flexibility index (Phi) is 6.84. The van der Waals surface area contributed by atoms with E-state index in [2.05, 4.69) is 31.3 Å². The molecule has 0 heterocycles. The number of carbonyl (C=O) groups excluding carboxylic acids is 1. The molecule has 0 aromatic heterocycles. The Morgan fingerprint density at radius 2 is 1.48 bits per heavy atom. The first-order valence-electron chi connectivity index (χ1n) is 10.3. The van der Waals surface area contributed by atoms with Crippen molar-refractivity contribution in [2.24, 2.45) is 5.92 Å². The molecule has 0 aliphatic heterocycles. The van der Waals surface area contributed by atoms with Gasteiger partial charge in [-0.1, -0.05) is 68.4 Å². The van der Waals surface area contributed by atoms with E-state index in [1.54, 1.807) is 24.3 Å². The molecular formula is C26H26F3NO. The summed E-state index contributed by atoms with van der Waals surface area (Å²) in [7, 11) is 0. The Balaban J connectivity index is 1.78. The van der Waals surface area contributed by atoms with Crippen molar-refractivity contribution in [2.75, 3.05) is 0 Å². The van der Waals surface area contributed by atoms with E-state index >= 15 is 0 Å². The Morgan fingerprint density at radius 3 is 2.06 bits per heavy atom. The second-order valence-corrected chi connectivity index (χ2v) is 8.16. The molecule has 0 aliphatic rings. The number of carbonyl (C=O) groups is 1. The van der Waals surface area contributed by atoms with Crippen LogP contribution in [0.25, 0.3) is 11.1 Å². The Labute approximate surface area is 181 Å². The first-order valence-corrected chi connectivity index (χ1v) is 10.3. The van der Waals surface area contributed by atoms with Gasteiger partial charge in [0.05, 0.1) is 11.6 Å². The summed E-state index contributed by atoms with van der Waals surface area (Å²) in [6.45, 7) is 6.26. The number of hydrogen-bond donors (Lipinski definition) is 1. The number of hydrogen-bond acceptors (Lipinski definition) is 1. The quantitative estimate of drug-likeness (QED) is 0.450. The van der Waals surface area contributed by atoms with E-state index in [4.69, 9.17) is 0 Å². The average Bonchev–Trinajstić information content (AvgIpc) is 2.73. The van der Waals surface area contributed by atoms with Gasteiger partial charge in [-0.25, -0.2) is 0 Å². The van der Waals surface area contributed by atoms with Gasteiger partial charge in [-0.2, -0.15) is 13.2 Å². The van der Waals surface area contributed by atoms with Crippen molar-refractivity contribution >= 4 is 5.91 Å². The number of rotatable bonds is 6. The zero-order valence-electron chi connectivity index (χ0n) is 17.8. The Bertz CT molecular complexity index is 1020. The third-order valence-electron chi connectivity index (χ3n) is 5.17. The summed E-state index contributed by atoms with van der Waals surface area (Å²) in [5.74, 6) is 0.305. The van der Waals surface area contributed by atoms with Crippen LogP contribution in [0.15, 0.2) is 72.8 Å². The largest absolute Gasteiger partial charge is 0.416 e. The molecule has 3 rings (SSSR count). The lowest BCUT2D eigenvalue weighted by molar-refractivity contribution is -0.137. The Morgan fingerprint density at radius 1 is 0.871 bits per heavy atom. The molecule has 0 radical (unpaired) electrons. The predicted molar refractivity (Wildman–Crippen MR) is 118 cm³/mol. The topological polar surface area (TPSA) is 29.1 Å². The van der Waals surface area contributed by atoms with Gasteiger partial charge in [0, 0.05) is 5.56 Å². The van der Waals surface area contributed by atoms with E-state index in [0.717, 1.165) is 24.1 Å². The zero-order valence-corrected chi connectivity index (χ0v) is 17.8. The highest BCUT2D eigenvalue weighted by Crippen LogP contribution is 2.32. The maximum Gasteiger partial charge on any atom is 0.416 e. The van der Waals surface area contributed by atoms with E-state index in [0.29, 0.717) is 22.6 Å². The highest BCUT2D eigenvalue weighted by molar-refractivity contribution is 6.01. The monoisotopic (exact) mass is 425 g/mol. The normalized spacial score (nSPS) is 12.6. The molecule has 0 bridgehead atoms. The van der Waals surface area contributed by atoms with Crippen LogP contribution in [0.2, 0.25) is 0 Å². The van der Waals surface area contributed by atoms with Crippen LogP contribution in [-0.4, -0.2) is 5.91 Å². The van der Waals surface area contributed by atoms with E-state index < -0.39 is 11.7 Å². The molecule has 0 aliphatic carbocycles. The number of benzene rings is 3. The zero-order chi connectivity index (χ0) is 22.6. The summed E-state index contributed by atoms with van der Waals surface area (Å²) in [6, 6.07) is 19.8. The van der Waals surface area contributed by atoms with Gasteiger partial charge in [0.15, 0.2) is 0 Å². The Hall–Kier alpha value is -3.08. The smallest absolute Gasteiger partial charge is 0.345 e. The standard InChI is InChI=1S/C26H26F3NO/c1-17(2)16-19-8-10-20(11-9-19)18(3)30-25(31)24-7-5-4-6-23(24)21-12-14-22(15-13-21)26(27,28)29/h4-15,17-18H,16H2,1-3H3,(H,30,31)/t18-/m1/s1. The van der Waals surface area contributed by atoms with Crippen LogP contribution in [-0.2, 0) is 12.6 Å². The van der Waals surface area contributed by atoms with E-state index in [-0.39, 0.29) is 11.9 Å². The molecule has 2 nitrogen and oxygen atoms in total. The number of amides is 1. The van der Waals surface area contributed by atoms with Crippen LogP contribution in [0.1, 0.15) is 53.9 Å². The minimum Gasteiger partial charge on any atom is -0.345 e. The van der Waals surface area contributed by atoms with Gasteiger partial charge >= 0.3 is 6.18 Å². The predicted octanol–water partition coefficient (Wildman–Crippen LogP) is 7.06. The fourth-order valence-electron chi connectivity index (χ4n) is 3.54. The van der Waals surface area contributed by atoms with E-state index in [1.807, 2.05) is 19.1 Å². The minimum atomic E-state index is -4.39. The van der Waals surface area contributed by atoms with Gasteiger partial charge in [-0.15, -0.1) is 0 Å². The lowest BCUT2D eigenvalue weighted by atomic mass is 9.97. The number of nitrogens with one attached hydrogen (secondary N) is 1. The summed E-state index contributed by atoms with van der Waals surface area (Å²) in [5, 5.41) is 3.00. The van der Waals surface area contributed by atoms with Crippen molar-refractivity contribution in [3.63, 3.8) is 0 Å². The van der Waals surface area contributed by atoms with Gasteiger partial charge in [0.25, 0.3) is 5.91 Å². The van der Waals surface area contributed by atoms with Crippen LogP contribution >= 0.6 is 0 Å². The second-order valence-electron chi connectivity index (χ2n) is 8.16. The first kappa shape index (κ1) is 22.6. The van der Waals surface area contributed by atoms with Gasteiger partial charge in [0.2, 0.25) is 0 Å². The van der Waals surface area contributed by atoms with Crippen molar-refractivity contribution in [3.8, 4) is 11.1 Å². The fourth-order valence-corrected chi connectivity index (χ4v) is 3.54. The summed E-state index contributed by atoms with van der Waals surface area (Å²) < 4.78 is 38.6. The van der Waals surface area contributed by atoms with Gasteiger partial charge in [0.1, 0.15) is 0 Å². The van der Waals surface area contributed by atoms with Crippen molar-refractivity contribution in [3.05, 3.63) is 95.1 Å². The van der Waals surface area contributed by atoms with Crippen LogP contribution in [0.5, 0.6) is 0 Å². The molecule has 1 amide bonds. The van der Waals surface area contributed by atoms with Crippen LogP contribution in [0.4, 0.5) is 13.2 Å². The molecule has 0 unspecified atom stereocenters. The molecule has 1 N–H and O–H groups in total. The van der Waals surface area contributed by atoms with E-state index in [9.17, 15) is 18.0 Å². The summed E-state index contributed by atoms with van der Waals surface area (Å²) >= 11 is 0. The van der Waals surface area contributed by atoms with E-state index in [1.165, 1.54) is 17.7 Å². The van der Waals surface area contributed by atoms with Crippen LogP contribution < -0.4 is 5.32 Å². The average molecular weight is 425 g/mol. The van der Waals surface area contributed by atoms with Crippen molar-refractivity contribution in [1.29, 1.82) is 0 Å². The van der Waals surface area contributed by atoms with Gasteiger partial charge in [-0.05, 0) is 59.7 Å². The molecule has 0 fully saturated rings. The number of alkyl halides is 3. The minimum absolute atomic E-state index is 0.207. The first-order chi connectivity index (χ1) is 14.6. The maximum absolute atomic E-state index is 13.0. The van der Waals surface area contributed by atoms with Crippen LogP contribution in [0, 0.1) is 5.92 Å². The lowest BCUT2D eigenvalue weighted by Crippen LogP contribution is -2.27. The summed E-state index contributed by atoms with van der Waals surface area (Å²) in [6.07, 6.45) is -3.39. The van der Waals surface area contributed by atoms with Crippen molar-refractivity contribution in [2.45, 2.75) is 39.4 Å². The van der Waals surface area contributed by atoms with Crippen molar-refractivity contribution in [1.82, 2.24) is 5.32 Å². The maximum atomic E-state index is 13.0. The fraction of sp³-hybridized carbons (Fsp3) is 0.269. The molecule has 0 spiro atoms. The molecule has 3 aromatic rings. The highest BCUT2D eigenvalue weighted by Gasteiger charge is 2.30. The second kappa shape index (κ2) is 9.38. The lowest BCUT2D eigenvalue weighted by Gasteiger charge is -2.17. The summed E-state index contributed by atoms with van der Waals surface area (Å²) in [5.41, 5.74) is 3.11. The molecule has 162 valence electrons. The van der Waals surface area contributed by atoms with Crippen molar-refractivity contribution < 1.29 is 18.0 Å². The molecular weight excluding hydrogens is 399 g/mol. The highest BCUT2D eigenvalue weighted by atomic mass is 19.4. The third kappa shape index (κ3) is 5.75. The molecule has 3 aromatic carbocycles. The third-order valence-corrected chi connectivity index (χ3v) is 5.17. The molecule has 0 saturated heterocycles. The van der Waals surface area contributed by atoms with Gasteiger partial charge in [-0.3, -0.25) is 4.79 Å². The molecule has 5 heteroatoms. The molecule has 1 atom stereocenters. The number of halogens is 3. The van der Waals surface area contributed by atoms with Crippen LogP contribution in [0.3, 0.4) is 0 Å². The SMILES string of the molecule is CC(C)Cc1ccc([C@@H](C)NC(=O)c2ccccc2-c2ccc(C(F)(F)F)cc2)cc1. The summed E-state index contributed by atoms with van der Waals surface area (Å²) in [4.78, 5) is 13.0. The molecule has 31 heavy (non-hydrogen) atoms. The molecule has 0 saturated carbocycles.